The molecule has 2 N–H and O–H groups in total. The van der Waals surface area contributed by atoms with Crippen molar-refractivity contribution in [3.8, 4) is 11.5 Å². The monoisotopic (exact) mass is 363 g/mol. The lowest BCUT2D eigenvalue weighted by Gasteiger charge is -2.16. The van der Waals surface area contributed by atoms with E-state index in [9.17, 15) is 9.59 Å². The molecule has 0 saturated carbocycles. The molecule has 2 rings (SSSR count). The molecule has 1 aromatic carbocycles. The molecule has 0 aliphatic carbocycles. The summed E-state index contributed by atoms with van der Waals surface area (Å²) in [4.78, 5) is 30.9. The smallest absolute Gasteiger partial charge is 0.270 e. The van der Waals surface area contributed by atoms with Gasteiger partial charge in [0, 0.05) is 6.07 Å². The zero-order valence-electron chi connectivity index (χ0n) is 14.6. The number of methoxy groups -OCH3 is 2. The third-order valence-corrected chi connectivity index (χ3v) is 4.12. The van der Waals surface area contributed by atoms with E-state index >= 15 is 0 Å². The van der Waals surface area contributed by atoms with E-state index in [1.165, 1.54) is 17.8 Å². The highest BCUT2D eigenvalue weighted by atomic mass is 32.2. The summed E-state index contributed by atoms with van der Waals surface area (Å²) in [5.41, 5.74) is 0.600. The average Bonchev–Trinajstić information content (AvgIpc) is 2.60. The molecule has 0 spiro atoms. The number of amides is 1. The number of nitrogens with one attached hydrogen (secondary N) is 2. The molecule has 0 bridgehead atoms. The first-order valence-corrected chi connectivity index (χ1v) is 8.99. The molecule has 1 unspecified atom stereocenters. The summed E-state index contributed by atoms with van der Waals surface area (Å²) in [6, 6.07) is 6.32. The van der Waals surface area contributed by atoms with Crippen molar-refractivity contribution < 1.29 is 14.3 Å². The van der Waals surface area contributed by atoms with E-state index in [4.69, 9.17) is 9.47 Å². The highest BCUT2D eigenvalue weighted by molar-refractivity contribution is 7.97. The molecular formula is C17H21N3O4S. The van der Waals surface area contributed by atoms with Gasteiger partial charge < -0.3 is 19.8 Å². The Morgan fingerprint density at radius 1 is 1.28 bits per heavy atom. The van der Waals surface area contributed by atoms with Crippen molar-refractivity contribution in [2.24, 2.45) is 0 Å². The van der Waals surface area contributed by atoms with Gasteiger partial charge in [0.15, 0.2) is 11.5 Å². The Morgan fingerprint density at radius 2 is 2.00 bits per heavy atom. The Morgan fingerprint density at radius 3 is 2.64 bits per heavy atom. The van der Waals surface area contributed by atoms with Gasteiger partial charge in [-0.15, -0.1) is 0 Å². The van der Waals surface area contributed by atoms with E-state index in [-0.39, 0.29) is 17.3 Å². The number of H-pyrrole nitrogens is 1. The molecular weight excluding hydrogens is 342 g/mol. The van der Waals surface area contributed by atoms with Crippen LogP contribution in [0.1, 0.15) is 34.8 Å². The van der Waals surface area contributed by atoms with Crippen LogP contribution in [0.2, 0.25) is 0 Å². The van der Waals surface area contributed by atoms with Gasteiger partial charge in [0.2, 0.25) is 0 Å². The summed E-state index contributed by atoms with van der Waals surface area (Å²) in [6.07, 6.45) is 1.89. The maximum atomic E-state index is 12.4. The minimum absolute atomic E-state index is 0.0973. The Balaban J connectivity index is 2.19. The number of hydrogen-bond donors (Lipinski definition) is 2. The third-order valence-electron chi connectivity index (χ3n) is 3.56. The SMILES string of the molecule is COc1ccc(C(C)NC(=O)c2cc(=O)[nH]c(CSC)n2)cc1OC. The molecule has 1 amide bonds. The summed E-state index contributed by atoms with van der Waals surface area (Å²) >= 11 is 1.51. The van der Waals surface area contributed by atoms with Crippen LogP contribution in [0, 0.1) is 0 Å². The van der Waals surface area contributed by atoms with Crippen LogP contribution >= 0.6 is 11.8 Å². The molecule has 0 saturated heterocycles. The highest BCUT2D eigenvalue weighted by Crippen LogP contribution is 2.29. The van der Waals surface area contributed by atoms with Crippen molar-refractivity contribution in [2.75, 3.05) is 20.5 Å². The van der Waals surface area contributed by atoms with Gasteiger partial charge in [0.25, 0.3) is 11.5 Å². The van der Waals surface area contributed by atoms with E-state index < -0.39 is 5.91 Å². The highest BCUT2D eigenvalue weighted by Gasteiger charge is 2.16. The molecule has 0 aliphatic rings. The predicted molar refractivity (Wildman–Crippen MR) is 97.5 cm³/mol. The second kappa shape index (κ2) is 8.57. The molecule has 7 nitrogen and oxygen atoms in total. The Hall–Kier alpha value is -2.48. The number of carbonyl (C=O) groups is 1. The van der Waals surface area contributed by atoms with Gasteiger partial charge in [-0.1, -0.05) is 6.07 Å². The van der Waals surface area contributed by atoms with Gasteiger partial charge in [0.05, 0.1) is 26.0 Å². The lowest BCUT2D eigenvalue weighted by molar-refractivity contribution is 0.0934. The molecule has 1 aromatic heterocycles. The van der Waals surface area contributed by atoms with Crippen molar-refractivity contribution in [1.82, 2.24) is 15.3 Å². The van der Waals surface area contributed by atoms with Crippen LogP contribution in [0.15, 0.2) is 29.1 Å². The van der Waals surface area contributed by atoms with E-state index in [0.29, 0.717) is 23.1 Å². The fourth-order valence-electron chi connectivity index (χ4n) is 2.31. The quantitative estimate of drug-likeness (QED) is 0.783. The van der Waals surface area contributed by atoms with E-state index in [1.807, 2.05) is 19.2 Å². The number of hydrogen-bond acceptors (Lipinski definition) is 6. The Kier molecular flexibility index (Phi) is 6.46. The molecule has 1 heterocycles. The summed E-state index contributed by atoms with van der Waals surface area (Å²) in [7, 11) is 3.12. The molecule has 0 radical (unpaired) electrons. The molecule has 0 fully saturated rings. The van der Waals surface area contributed by atoms with Crippen molar-refractivity contribution in [2.45, 2.75) is 18.7 Å². The largest absolute Gasteiger partial charge is 0.493 e. The number of ether oxygens (including phenoxy) is 2. The van der Waals surface area contributed by atoms with Crippen LogP contribution < -0.4 is 20.3 Å². The first kappa shape index (κ1) is 18.9. The van der Waals surface area contributed by atoms with Crippen molar-refractivity contribution >= 4 is 17.7 Å². The van der Waals surface area contributed by atoms with Crippen LogP contribution in [0.5, 0.6) is 11.5 Å². The van der Waals surface area contributed by atoms with Crippen LogP contribution in [-0.2, 0) is 5.75 Å². The number of benzene rings is 1. The normalized spacial score (nSPS) is 11.7. The number of thioether (sulfide) groups is 1. The summed E-state index contributed by atoms with van der Waals surface area (Å²) in [5, 5.41) is 2.84. The van der Waals surface area contributed by atoms with Crippen LogP contribution in [0.4, 0.5) is 0 Å². The van der Waals surface area contributed by atoms with Crippen molar-refractivity contribution in [1.29, 1.82) is 0 Å². The van der Waals surface area contributed by atoms with Gasteiger partial charge in [-0.25, -0.2) is 4.98 Å². The van der Waals surface area contributed by atoms with Gasteiger partial charge >= 0.3 is 0 Å². The number of aromatic amines is 1. The molecule has 2 aromatic rings. The zero-order valence-corrected chi connectivity index (χ0v) is 15.4. The van der Waals surface area contributed by atoms with E-state index in [0.717, 1.165) is 5.56 Å². The molecule has 0 aliphatic heterocycles. The fourth-order valence-corrected chi connectivity index (χ4v) is 2.72. The van der Waals surface area contributed by atoms with Crippen LogP contribution in [-0.4, -0.2) is 36.4 Å². The second-order valence-corrected chi connectivity index (χ2v) is 6.19. The van der Waals surface area contributed by atoms with E-state index in [1.54, 1.807) is 26.4 Å². The number of nitrogens with zero attached hydrogens (tertiary/aromatic N) is 1. The minimum Gasteiger partial charge on any atom is -0.493 e. The van der Waals surface area contributed by atoms with Crippen LogP contribution in [0.25, 0.3) is 0 Å². The van der Waals surface area contributed by atoms with Gasteiger partial charge in [-0.05, 0) is 30.9 Å². The molecule has 25 heavy (non-hydrogen) atoms. The molecule has 1 atom stereocenters. The zero-order chi connectivity index (χ0) is 18.4. The molecule has 8 heteroatoms. The number of rotatable bonds is 7. The third kappa shape index (κ3) is 4.76. The lowest BCUT2D eigenvalue weighted by Crippen LogP contribution is -2.29. The molecule has 134 valence electrons. The number of aromatic nitrogens is 2. The standard InChI is InChI=1S/C17H21N3O4S/c1-10(11-5-6-13(23-2)14(7-11)24-3)18-17(22)12-8-16(21)20-15(19-12)9-25-4/h5-8,10H,9H2,1-4H3,(H,18,22)(H,19,20,21). The van der Waals surface area contributed by atoms with Crippen LogP contribution in [0.3, 0.4) is 0 Å². The first-order valence-electron chi connectivity index (χ1n) is 7.60. The number of carbonyl (C=O) groups excluding carboxylic acids is 1. The van der Waals surface area contributed by atoms with Crippen molar-refractivity contribution in [3.63, 3.8) is 0 Å². The van der Waals surface area contributed by atoms with E-state index in [2.05, 4.69) is 15.3 Å². The second-order valence-electron chi connectivity index (χ2n) is 5.32. The first-order chi connectivity index (χ1) is 12.0. The summed E-state index contributed by atoms with van der Waals surface area (Å²) in [5.74, 6) is 1.79. The minimum atomic E-state index is -0.407. The lowest BCUT2D eigenvalue weighted by atomic mass is 10.1. The maximum absolute atomic E-state index is 12.4. The Bertz CT molecular complexity index is 807. The summed E-state index contributed by atoms with van der Waals surface area (Å²) < 4.78 is 10.5. The summed E-state index contributed by atoms with van der Waals surface area (Å²) in [6.45, 7) is 1.84. The topological polar surface area (TPSA) is 93.3 Å². The van der Waals surface area contributed by atoms with Crippen molar-refractivity contribution in [3.05, 3.63) is 51.7 Å². The average molecular weight is 363 g/mol. The predicted octanol–water partition coefficient (Wildman–Crippen LogP) is 2.14. The Labute approximate surface area is 150 Å². The van der Waals surface area contributed by atoms with Gasteiger partial charge in [0.1, 0.15) is 11.5 Å². The van der Waals surface area contributed by atoms with Gasteiger partial charge in [-0.2, -0.15) is 11.8 Å². The maximum Gasteiger partial charge on any atom is 0.270 e. The fraction of sp³-hybridized carbons (Fsp3) is 0.353. The van der Waals surface area contributed by atoms with Gasteiger partial charge in [-0.3, -0.25) is 9.59 Å².